The Balaban J connectivity index is 1.66. The maximum atomic E-state index is 12.6. The van der Waals surface area contributed by atoms with Crippen molar-refractivity contribution in [2.45, 2.75) is 38.1 Å². The van der Waals surface area contributed by atoms with Crippen molar-refractivity contribution in [1.29, 1.82) is 0 Å². The van der Waals surface area contributed by atoms with Gasteiger partial charge in [0.25, 0.3) is 5.91 Å². The van der Waals surface area contributed by atoms with Gasteiger partial charge in [-0.15, -0.1) is 0 Å². The van der Waals surface area contributed by atoms with E-state index in [1.165, 1.54) is 0 Å². The fourth-order valence-electron chi connectivity index (χ4n) is 3.12. The van der Waals surface area contributed by atoms with E-state index in [0.29, 0.717) is 18.6 Å². The quantitative estimate of drug-likeness (QED) is 0.794. The van der Waals surface area contributed by atoms with Crippen LogP contribution in [0.1, 0.15) is 42.5 Å². The number of hydrogen-bond donors (Lipinski definition) is 0. The molecule has 2 aliphatic rings. The fraction of sp³-hybridized carbons (Fsp3) is 0.562. The number of ketones is 1. The average molecular weight is 303 g/mol. The van der Waals surface area contributed by atoms with Crippen molar-refractivity contribution < 1.29 is 14.3 Å². The number of hydrogen-bond acceptors (Lipinski definition) is 4. The van der Waals surface area contributed by atoms with E-state index in [4.69, 9.17) is 4.74 Å². The number of aromatic nitrogens is 2. The zero-order valence-electron chi connectivity index (χ0n) is 12.8. The Kier molecular flexibility index (Phi) is 4.27. The Bertz CT molecular complexity index is 606. The van der Waals surface area contributed by atoms with Gasteiger partial charge in [-0.1, -0.05) is 0 Å². The highest BCUT2D eigenvalue weighted by atomic mass is 16.5. The summed E-state index contributed by atoms with van der Waals surface area (Å²) >= 11 is 0. The lowest BCUT2D eigenvalue weighted by Crippen LogP contribution is -2.38. The van der Waals surface area contributed by atoms with E-state index in [1.807, 2.05) is 4.90 Å². The molecule has 22 heavy (non-hydrogen) atoms. The zero-order chi connectivity index (χ0) is 15.5. The molecular weight excluding hydrogens is 282 g/mol. The van der Waals surface area contributed by atoms with E-state index in [9.17, 15) is 9.59 Å². The Hall–Kier alpha value is -2.11. The first kappa shape index (κ1) is 14.8. The first-order chi connectivity index (χ1) is 10.6. The van der Waals surface area contributed by atoms with E-state index >= 15 is 0 Å². The molecule has 0 spiro atoms. The van der Waals surface area contributed by atoms with Gasteiger partial charge >= 0.3 is 0 Å². The molecule has 1 aromatic rings. The second kappa shape index (κ2) is 6.34. The molecule has 3 heterocycles. The minimum Gasteiger partial charge on any atom is -0.501 e. The monoisotopic (exact) mass is 303 g/mol. The lowest BCUT2D eigenvalue weighted by atomic mass is 10.0. The Morgan fingerprint density at radius 1 is 1.41 bits per heavy atom. The third kappa shape index (κ3) is 3.05. The van der Waals surface area contributed by atoms with Gasteiger partial charge in [0, 0.05) is 32.3 Å². The van der Waals surface area contributed by atoms with Crippen molar-refractivity contribution in [2.24, 2.45) is 7.05 Å². The molecule has 1 saturated heterocycles. The molecular formula is C16H21N3O3. The van der Waals surface area contributed by atoms with Crippen molar-refractivity contribution in [3.8, 4) is 0 Å². The molecule has 0 N–H and O–H groups in total. The molecule has 1 amide bonds. The first-order valence-electron chi connectivity index (χ1n) is 7.78. The number of Topliss-reactive ketones (excluding diaryl/α,β-unsaturated/α-hetero) is 1. The maximum Gasteiger partial charge on any atom is 0.253 e. The van der Waals surface area contributed by atoms with Gasteiger partial charge in [-0.05, 0) is 25.7 Å². The third-order valence-corrected chi connectivity index (χ3v) is 4.29. The minimum absolute atomic E-state index is 0.0111. The summed E-state index contributed by atoms with van der Waals surface area (Å²) in [6, 6.07) is -0.0111. The number of rotatable bonds is 4. The van der Waals surface area contributed by atoms with Crippen LogP contribution in [0.2, 0.25) is 0 Å². The molecule has 0 radical (unpaired) electrons. The number of amides is 1. The van der Waals surface area contributed by atoms with Crippen molar-refractivity contribution >= 4 is 11.7 Å². The number of aryl methyl sites for hydroxylation is 1. The van der Waals surface area contributed by atoms with Crippen LogP contribution in [0.5, 0.6) is 0 Å². The van der Waals surface area contributed by atoms with Gasteiger partial charge in [0.2, 0.25) is 0 Å². The Morgan fingerprint density at radius 2 is 2.27 bits per heavy atom. The molecule has 2 aliphatic heterocycles. The molecule has 6 heteroatoms. The van der Waals surface area contributed by atoms with Crippen molar-refractivity contribution in [3.63, 3.8) is 0 Å². The highest BCUT2D eigenvalue weighted by Crippen LogP contribution is 2.25. The molecule has 0 bridgehead atoms. The molecule has 1 fully saturated rings. The van der Waals surface area contributed by atoms with Gasteiger partial charge < -0.3 is 9.64 Å². The average Bonchev–Trinajstić information content (AvgIpc) is 3.16. The van der Waals surface area contributed by atoms with E-state index in [-0.39, 0.29) is 17.7 Å². The minimum atomic E-state index is -0.0111. The van der Waals surface area contributed by atoms with Gasteiger partial charge in [-0.25, -0.2) is 0 Å². The van der Waals surface area contributed by atoms with Crippen LogP contribution in [-0.4, -0.2) is 45.6 Å². The van der Waals surface area contributed by atoms with Crippen LogP contribution in [-0.2, 0) is 16.6 Å². The molecule has 0 aliphatic carbocycles. The van der Waals surface area contributed by atoms with E-state index in [0.717, 1.165) is 37.8 Å². The van der Waals surface area contributed by atoms with E-state index in [2.05, 4.69) is 5.10 Å². The number of carbonyl (C=O) groups is 2. The van der Waals surface area contributed by atoms with Crippen molar-refractivity contribution in [1.82, 2.24) is 14.7 Å². The van der Waals surface area contributed by atoms with Gasteiger partial charge in [0.1, 0.15) is 0 Å². The van der Waals surface area contributed by atoms with Crippen LogP contribution in [0.25, 0.3) is 0 Å². The summed E-state index contributed by atoms with van der Waals surface area (Å²) in [5.74, 6) is 0.0767. The lowest BCUT2D eigenvalue weighted by Gasteiger charge is -2.26. The number of carbonyl (C=O) groups excluding carboxylic acids is 2. The van der Waals surface area contributed by atoms with Crippen LogP contribution in [0, 0.1) is 0 Å². The predicted molar refractivity (Wildman–Crippen MR) is 80.2 cm³/mol. The largest absolute Gasteiger partial charge is 0.501 e. The number of ether oxygens (including phenoxy) is 1. The molecule has 3 rings (SSSR count). The predicted octanol–water partition coefficient (Wildman–Crippen LogP) is 1.68. The van der Waals surface area contributed by atoms with Gasteiger partial charge in [-0.3, -0.25) is 14.3 Å². The normalized spacial score (nSPS) is 21.4. The summed E-state index contributed by atoms with van der Waals surface area (Å²) in [5.41, 5.74) is 1.34. The molecule has 118 valence electrons. The van der Waals surface area contributed by atoms with Gasteiger partial charge in [0.05, 0.1) is 30.2 Å². The molecule has 0 unspecified atom stereocenters. The second-order valence-corrected chi connectivity index (χ2v) is 5.94. The SMILES string of the molecule is Cn1cc(C(=O)C[C@H]2CCCN2C(=O)C2=COCCC2)cn1. The smallest absolute Gasteiger partial charge is 0.253 e. The summed E-state index contributed by atoms with van der Waals surface area (Å²) in [4.78, 5) is 26.8. The molecule has 6 nitrogen and oxygen atoms in total. The highest BCUT2D eigenvalue weighted by molar-refractivity contribution is 5.97. The maximum absolute atomic E-state index is 12.6. The van der Waals surface area contributed by atoms with Crippen molar-refractivity contribution in [2.75, 3.05) is 13.2 Å². The zero-order valence-corrected chi connectivity index (χ0v) is 12.8. The molecule has 0 aromatic carbocycles. The topological polar surface area (TPSA) is 64.4 Å². The fourth-order valence-corrected chi connectivity index (χ4v) is 3.12. The first-order valence-corrected chi connectivity index (χ1v) is 7.78. The van der Waals surface area contributed by atoms with Crippen LogP contribution in [0.15, 0.2) is 24.2 Å². The Labute approximate surface area is 129 Å². The van der Waals surface area contributed by atoms with Crippen molar-refractivity contribution in [3.05, 3.63) is 29.8 Å². The summed E-state index contributed by atoms with van der Waals surface area (Å²) in [7, 11) is 1.79. The number of likely N-dealkylation sites (tertiary alicyclic amines) is 1. The summed E-state index contributed by atoms with van der Waals surface area (Å²) in [6.07, 6.45) is 8.73. The van der Waals surface area contributed by atoms with Gasteiger partial charge in [0.15, 0.2) is 5.78 Å². The molecule has 0 saturated carbocycles. The highest BCUT2D eigenvalue weighted by Gasteiger charge is 2.32. The van der Waals surface area contributed by atoms with Crippen LogP contribution in [0.3, 0.4) is 0 Å². The van der Waals surface area contributed by atoms with Gasteiger partial charge in [-0.2, -0.15) is 5.10 Å². The lowest BCUT2D eigenvalue weighted by molar-refractivity contribution is -0.128. The Morgan fingerprint density at radius 3 is 2.95 bits per heavy atom. The standard InChI is InChI=1S/C16H21N3O3/c1-18-10-13(9-17-18)15(20)8-14-5-2-6-19(14)16(21)12-4-3-7-22-11-12/h9-11,14H,2-8H2,1H3/t14-/m1/s1. The van der Waals surface area contributed by atoms with Crippen LogP contribution in [0.4, 0.5) is 0 Å². The number of nitrogens with zero attached hydrogens (tertiary/aromatic N) is 3. The molecule has 1 atom stereocenters. The van der Waals surface area contributed by atoms with Crippen LogP contribution < -0.4 is 0 Å². The summed E-state index contributed by atoms with van der Waals surface area (Å²) in [6.45, 7) is 1.40. The summed E-state index contributed by atoms with van der Waals surface area (Å²) in [5, 5.41) is 4.03. The third-order valence-electron chi connectivity index (χ3n) is 4.29. The second-order valence-electron chi connectivity index (χ2n) is 5.94. The summed E-state index contributed by atoms with van der Waals surface area (Å²) < 4.78 is 6.88. The van der Waals surface area contributed by atoms with E-state index in [1.54, 1.807) is 30.4 Å². The molecule has 1 aromatic heterocycles. The van der Waals surface area contributed by atoms with Crippen LogP contribution >= 0.6 is 0 Å². The van der Waals surface area contributed by atoms with E-state index < -0.39 is 0 Å².